The van der Waals surface area contributed by atoms with Crippen molar-refractivity contribution in [2.75, 3.05) is 26.2 Å². The van der Waals surface area contributed by atoms with Gasteiger partial charge in [-0.1, -0.05) is 29.8 Å². The number of nitrogens with zero attached hydrogens (tertiary/aromatic N) is 1. The Balaban J connectivity index is 1.54. The Bertz CT molecular complexity index is 860. The van der Waals surface area contributed by atoms with Crippen molar-refractivity contribution < 1.29 is 19.0 Å². The van der Waals surface area contributed by atoms with Crippen LogP contribution in [0.4, 0.5) is 0 Å². The quantitative estimate of drug-likeness (QED) is 0.561. The zero-order valence-electron chi connectivity index (χ0n) is 18.1. The Morgan fingerprint density at radius 3 is 2.53 bits per heavy atom. The summed E-state index contributed by atoms with van der Waals surface area (Å²) in [5, 5.41) is 0.686. The zero-order chi connectivity index (χ0) is 21.7. The van der Waals surface area contributed by atoms with Crippen LogP contribution in [0.25, 0.3) is 0 Å². The summed E-state index contributed by atoms with van der Waals surface area (Å²) in [6.07, 6.45) is 0.357. The van der Waals surface area contributed by atoms with Gasteiger partial charge in [0, 0.05) is 24.7 Å². The van der Waals surface area contributed by atoms with Gasteiger partial charge < -0.3 is 14.2 Å². The normalized spacial score (nSPS) is 17.6. The third-order valence-electron chi connectivity index (χ3n) is 4.83. The highest BCUT2D eigenvalue weighted by atomic mass is 35.5. The molecule has 162 valence electrons. The SMILES string of the molecule is Cc1ccc(Oc2ccc(C3CN(CCC(=O)OC(C)(C)C)CCO3)cc2)cc1Cl. The number of ether oxygens (including phenoxy) is 3. The number of carbonyl (C=O) groups excluding carboxylic acids is 1. The van der Waals surface area contributed by atoms with Gasteiger partial charge >= 0.3 is 5.97 Å². The van der Waals surface area contributed by atoms with E-state index >= 15 is 0 Å². The van der Waals surface area contributed by atoms with E-state index in [4.69, 9.17) is 25.8 Å². The molecule has 0 saturated carbocycles. The van der Waals surface area contributed by atoms with Crippen LogP contribution in [0.15, 0.2) is 42.5 Å². The third kappa shape index (κ3) is 6.73. The fourth-order valence-corrected chi connectivity index (χ4v) is 3.44. The minimum Gasteiger partial charge on any atom is -0.460 e. The van der Waals surface area contributed by atoms with E-state index < -0.39 is 5.60 Å². The monoisotopic (exact) mass is 431 g/mol. The first-order valence-corrected chi connectivity index (χ1v) is 10.7. The maximum absolute atomic E-state index is 12.0. The highest BCUT2D eigenvalue weighted by Crippen LogP contribution is 2.29. The Hall–Kier alpha value is -2.08. The van der Waals surface area contributed by atoms with Gasteiger partial charge in [0.25, 0.3) is 0 Å². The molecular weight excluding hydrogens is 402 g/mol. The Morgan fingerprint density at radius 2 is 1.87 bits per heavy atom. The molecular formula is C24H30ClNO4. The first-order valence-electron chi connectivity index (χ1n) is 10.3. The molecule has 0 bridgehead atoms. The zero-order valence-corrected chi connectivity index (χ0v) is 18.9. The summed E-state index contributed by atoms with van der Waals surface area (Å²) in [6, 6.07) is 13.6. The van der Waals surface area contributed by atoms with Crippen LogP contribution in [0.2, 0.25) is 5.02 Å². The van der Waals surface area contributed by atoms with E-state index in [2.05, 4.69) is 4.90 Å². The van der Waals surface area contributed by atoms with Gasteiger partial charge in [-0.05, 0) is 63.1 Å². The van der Waals surface area contributed by atoms with Crippen LogP contribution in [0.1, 0.15) is 44.4 Å². The summed E-state index contributed by atoms with van der Waals surface area (Å²) in [7, 11) is 0. The number of morpholine rings is 1. The topological polar surface area (TPSA) is 48.0 Å². The van der Waals surface area contributed by atoms with Crippen LogP contribution in [-0.4, -0.2) is 42.7 Å². The molecule has 0 spiro atoms. The average Bonchev–Trinajstić information content (AvgIpc) is 2.69. The van der Waals surface area contributed by atoms with E-state index in [1.165, 1.54) is 0 Å². The van der Waals surface area contributed by atoms with Gasteiger partial charge in [-0.15, -0.1) is 0 Å². The van der Waals surface area contributed by atoms with Crippen molar-refractivity contribution in [3.8, 4) is 11.5 Å². The standard InChI is InChI=1S/C24H30ClNO4/c1-17-5-8-20(15-21(17)25)29-19-9-6-18(7-10-19)22-16-26(13-14-28-22)12-11-23(27)30-24(2,3)4/h5-10,15,22H,11-14,16H2,1-4H3. The summed E-state index contributed by atoms with van der Waals surface area (Å²) in [5.74, 6) is 1.29. The smallest absolute Gasteiger partial charge is 0.307 e. The van der Waals surface area contributed by atoms with Gasteiger partial charge in [-0.3, -0.25) is 9.69 Å². The molecule has 1 saturated heterocycles. The maximum Gasteiger partial charge on any atom is 0.307 e. The number of hydrogen-bond donors (Lipinski definition) is 0. The van der Waals surface area contributed by atoms with Gasteiger partial charge in [0.05, 0.1) is 19.1 Å². The second-order valence-corrected chi connectivity index (χ2v) is 8.99. The number of aryl methyl sites for hydroxylation is 1. The van der Waals surface area contributed by atoms with E-state index in [9.17, 15) is 4.79 Å². The molecule has 1 heterocycles. The van der Waals surface area contributed by atoms with Gasteiger partial charge in [0.2, 0.25) is 0 Å². The summed E-state index contributed by atoms with van der Waals surface area (Å²) >= 11 is 6.17. The van der Waals surface area contributed by atoms with Crippen LogP contribution < -0.4 is 4.74 Å². The van der Waals surface area contributed by atoms with Gasteiger partial charge in [0.15, 0.2) is 0 Å². The van der Waals surface area contributed by atoms with E-state index in [0.29, 0.717) is 30.3 Å². The van der Waals surface area contributed by atoms with E-state index in [0.717, 1.165) is 30.0 Å². The van der Waals surface area contributed by atoms with Crippen molar-refractivity contribution in [3.63, 3.8) is 0 Å². The number of esters is 1. The Labute approximate surface area is 183 Å². The largest absolute Gasteiger partial charge is 0.460 e. The molecule has 2 aromatic rings. The molecule has 0 amide bonds. The lowest BCUT2D eigenvalue weighted by atomic mass is 10.1. The molecule has 0 aliphatic carbocycles. The van der Waals surface area contributed by atoms with Crippen molar-refractivity contribution in [3.05, 3.63) is 58.6 Å². The Kier molecular flexibility index (Phi) is 7.40. The molecule has 2 aromatic carbocycles. The van der Waals surface area contributed by atoms with Crippen molar-refractivity contribution in [1.82, 2.24) is 4.90 Å². The summed E-state index contributed by atoms with van der Waals surface area (Å²) in [4.78, 5) is 14.2. The summed E-state index contributed by atoms with van der Waals surface area (Å²) in [6.45, 7) is 10.5. The minimum atomic E-state index is -0.446. The number of rotatable bonds is 6. The molecule has 0 radical (unpaired) electrons. The van der Waals surface area contributed by atoms with Gasteiger partial charge in [-0.2, -0.15) is 0 Å². The second-order valence-electron chi connectivity index (χ2n) is 8.58. The molecule has 1 aliphatic rings. The molecule has 3 rings (SSSR count). The lowest BCUT2D eigenvalue weighted by Gasteiger charge is -2.33. The fourth-order valence-electron chi connectivity index (χ4n) is 3.27. The molecule has 1 fully saturated rings. The van der Waals surface area contributed by atoms with Crippen molar-refractivity contribution >= 4 is 17.6 Å². The molecule has 0 N–H and O–H groups in total. The van der Waals surface area contributed by atoms with Crippen LogP contribution >= 0.6 is 11.6 Å². The molecule has 30 heavy (non-hydrogen) atoms. The van der Waals surface area contributed by atoms with E-state index in [-0.39, 0.29) is 12.1 Å². The highest BCUT2D eigenvalue weighted by molar-refractivity contribution is 6.31. The van der Waals surface area contributed by atoms with Crippen LogP contribution in [0, 0.1) is 6.92 Å². The van der Waals surface area contributed by atoms with Crippen LogP contribution in [0.5, 0.6) is 11.5 Å². The van der Waals surface area contributed by atoms with E-state index in [1.807, 2.05) is 70.2 Å². The average molecular weight is 432 g/mol. The number of benzene rings is 2. The second kappa shape index (κ2) is 9.82. The molecule has 6 heteroatoms. The lowest BCUT2D eigenvalue weighted by molar-refractivity contribution is -0.155. The number of hydrogen-bond acceptors (Lipinski definition) is 5. The van der Waals surface area contributed by atoms with Gasteiger partial charge in [0.1, 0.15) is 17.1 Å². The minimum absolute atomic E-state index is 0.0275. The van der Waals surface area contributed by atoms with Crippen molar-refractivity contribution in [2.24, 2.45) is 0 Å². The maximum atomic E-state index is 12.0. The third-order valence-corrected chi connectivity index (χ3v) is 5.24. The molecule has 0 aromatic heterocycles. The predicted octanol–water partition coefficient (Wildman–Crippen LogP) is 5.55. The first kappa shape index (κ1) is 22.6. The fraction of sp³-hybridized carbons (Fsp3) is 0.458. The predicted molar refractivity (Wildman–Crippen MR) is 118 cm³/mol. The summed E-state index contributed by atoms with van der Waals surface area (Å²) in [5.41, 5.74) is 1.66. The Morgan fingerprint density at radius 1 is 1.17 bits per heavy atom. The molecule has 1 unspecified atom stereocenters. The van der Waals surface area contributed by atoms with Crippen LogP contribution in [0.3, 0.4) is 0 Å². The molecule has 1 atom stereocenters. The number of carbonyl (C=O) groups is 1. The van der Waals surface area contributed by atoms with Crippen molar-refractivity contribution in [1.29, 1.82) is 0 Å². The summed E-state index contributed by atoms with van der Waals surface area (Å²) < 4.78 is 17.2. The number of halogens is 1. The molecule has 1 aliphatic heterocycles. The van der Waals surface area contributed by atoms with Gasteiger partial charge in [-0.25, -0.2) is 0 Å². The lowest BCUT2D eigenvalue weighted by Crippen LogP contribution is -2.39. The van der Waals surface area contributed by atoms with Crippen LogP contribution in [-0.2, 0) is 14.3 Å². The van der Waals surface area contributed by atoms with Crippen molar-refractivity contribution in [2.45, 2.75) is 45.8 Å². The first-order chi connectivity index (χ1) is 14.2. The highest BCUT2D eigenvalue weighted by Gasteiger charge is 2.23. The molecule has 5 nitrogen and oxygen atoms in total. The van der Waals surface area contributed by atoms with E-state index in [1.54, 1.807) is 0 Å².